The quantitative estimate of drug-likeness (QED) is 0.781. The largest absolute Gasteiger partial charge is 0.379 e. The molecule has 0 aliphatic carbocycles. The summed E-state index contributed by atoms with van der Waals surface area (Å²) in [5.74, 6) is 0. The molecule has 1 atom stereocenters. The van der Waals surface area contributed by atoms with Crippen molar-refractivity contribution < 1.29 is 4.74 Å². The number of halogens is 2. The summed E-state index contributed by atoms with van der Waals surface area (Å²) in [7, 11) is 0. The van der Waals surface area contributed by atoms with Gasteiger partial charge in [0.2, 0.25) is 0 Å². The van der Waals surface area contributed by atoms with Crippen LogP contribution >= 0.6 is 23.2 Å². The van der Waals surface area contributed by atoms with Crippen LogP contribution in [0.1, 0.15) is 17.2 Å². The van der Waals surface area contributed by atoms with E-state index in [2.05, 4.69) is 34.5 Å². The predicted octanol–water partition coefficient (Wildman–Crippen LogP) is 4.20. The first kappa shape index (κ1) is 18.7. The van der Waals surface area contributed by atoms with Crippen molar-refractivity contribution >= 4 is 23.2 Å². The highest BCUT2D eigenvalue weighted by Crippen LogP contribution is 2.21. The maximum Gasteiger partial charge on any atom is 0.0594 e. The molecule has 1 aliphatic rings. The topological polar surface area (TPSA) is 24.5 Å². The van der Waals surface area contributed by atoms with Gasteiger partial charge in [0.1, 0.15) is 0 Å². The van der Waals surface area contributed by atoms with E-state index in [1.165, 1.54) is 11.1 Å². The van der Waals surface area contributed by atoms with Gasteiger partial charge in [-0.2, -0.15) is 0 Å². The van der Waals surface area contributed by atoms with Crippen molar-refractivity contribution in [2.45, 2.75) is 12.5 Å². The van der Waals surface area contributed by atoms with Gasteiger partial charge in [-0.05, 0) is 41.8 Å². The third-order valence-corrected chi connectivity index (χ3v) is 5.05. The number of rotatable bonds is 7. The Morgan fingerprint density at radius 3 is 2.16 bits per heavy atom. The van der Waals surface area contributed by atoms with Gasteiger partial charge in [0.15, 0.2) is 0 Å². The van der Waals surface area contributed by atoms with E-state index in [-0.39, 0.29) is 6.04 Å². The van der Waals surface area contributed by atoms with Crippen molar-refractivity contribution in [3.05, 3.63) is 69.7 Å². The van der Waals surface area contributed by atoms with E-state index in [0.29, 0.717) is 0 Å². The average Bonchev–Trinajstić information content (AvgIpc) is 2.64. The zero-order valence-corrected chi connectivity index (χ0v) is 15.8. The third-order valence-electron chi connectivity index (χ3n) is 4.55. The fourth-order valence-corrected chi connectivity index (χ4v) is 3.33. The van der Waals surface area contributed by atoms with Crippen molar-refractivity contribution in [3.63, 3.8) is 0 Å². The summed E-state index contributed by atoms with van der Waals surface area (Å²) in [6.07, 6.45) is 0.919. The van der Waals surface area contributed by atoms with E-state index < -0.39 is 0 Å². The predicted molar refractivity (Wildman–Crippen MR) is 105 cm³/mol. The molecule has 3 rings (SSSR count). The molecule has 5 heteroatoms. The van der Waals surface area contributed by atoms with Gasteiger partial charge in [-0.3, -0.25) is 4.90 Å². The van der Waals surface area contributed by atoms with Crippen LogP contribution in [0.5, 0.6) is 0 Å². The van der Waals surface area contributed by atoms with Gasteiger partial charge in [0.05, 0.1) is 13.2 Å². The summed E-state index contributed by atoms with van der Waals surface area (Å²) < 4.78 is 5.41. The van der Waals surface area contributed by atoms with Gasteiger partial charge in [0.25, 0.3) is 0 Å². The first-order chi connectivity index (χ1) is 12.2. The normalized spacial score (nSPS) is 16.7. The van der Waals surface area contributed by atoms with Gasteiger partial charge in [-0.1, -0.05) is 47.5 Å². The molecule has 1 unspecified atom stereocenters. The summed E-state index contributed by atoms with van der Waals surface area (Å²) in [6.45, 7) is 5.70. The Labute approximate surface area is 159 Å². The van der Waals surface area contributed by atoms with Crippen molar-refractivity contribution in [1.82, 2.24) is 10.2 Å². The van der Waals surface area contributed by atoms with Crippen LogP contribution in [0.15, 0.2) is 48.5 Å². The molecule has 0 amide bonds. The number of morpholine rings is 1. The lowest BCUT2D eigenvalue weighted by Crippen LogP contribution is -2.41. The van der Waals surface area contributed by atoms with Crippen molar-refractivity contribution in [1.29, 1.82) is 0 Å². The van der Waals surface area contributed by atoms with Crippen molar-refractivity contribution in [3.8, 4) is 0 Å². The van der Waals surface area contributed by atoms with Gasteiger partial charge in [-0.25, -0.2) is 0 Å². The Balaban J connectivity index is 1.63. The first-order valence-corrected chi connectivity index (χ1v) is 9.50. The van der Waals surface area contributed by atoms with Crippen LogP contribution in [-0.4, -0.2) is 44.3 Å². The van der Waals surface area contributed by atoms with Crippen LogP contribution in [0.2, 0.25) is 10.0 Å². The van der Waals surface area contributed by atoms with Crippen molar-refractivity contribution in [2.75, 3.05) is 39.4 Å². The Hall–Kier alpha value is -1.10. The molecule has 1 heterocycles. The molecule has 0 radical (unpaired) electrons. The highest BCUT2D eigenvalue weighted by Gasteiger charge is 2.14. The third kappa shape index (κ3) is 5.98. The second-order valence-corrected chi connectivity index (χ2v) is 7.22. The monoisotopic (exact) mass is 378 g/mol. The fraction of sp³-hybridized carbons (Fsp3) is 0.400. The number of nitrogens with zero attached hydrogens (tertiary/aromatic N) is 1. The second kappa shape index (κ2) is 9.56. The molecule has 1 N–H and O–H groups in total. The van der Waals surface area contributed by atoms with Crippen molar-refractivity contribution in [2.24, 2.45) is 0 Å². The average molecular weight is 379 g/mol. The zero-order chi connectivity index (χ0) is 17.5. The summed E-state index contributed by atoms with van der Waals surface area (Å²) in [6, 6.07) is 16.4. The Morgan fingerprint density at radius 2 is 1.52 bits per heavy atom. The van der Waals surface area contributed by atoms with E-state index in [0.717, 1.165) is 55.9 Å². The first-order valence-electron chi connectivity index (χ1n) is 8.74. The van der Waals surface area contributed by atoms with Crippen LogP contribution in [-0.2, 0) is 11.2 Å². The fourth-order valence-electron chi connectivity index (χ4n) is 3.08. The summed E-state index contributed by atoms with van der Waals surface area (Å²) in [4.78, 5) is 2.44. The molecule has 1 fully saturated rings. The van der Waals surface area contributed by atoms with Gasteiger partial charge >= 0.3 is 0 Å². The van der Waals surface area contributed by atoms with Crippen LogP contribution < -0.4 is 5.32 Å². The van der Waals surface area contributed by atoms with Crippen LogP contribution in [0.4, 0.5) is 0 Å². The maximum atomic E-state index is 6.05. The Kier molecular flexibility index (Phi) is 7.14. The SMILES string of the molecule is Clc1ccc(CC(NCCN2CCOCC2)c2ccc(Cl)cc2)cc1. The molecule has 1 saturated heterocycles. The second-order valence-electron chi connectivity index (χ2n) is 6.34. The molecule has 2 aromatic rings. The van der Waals surface area contributed by atoms with Gasteiger partial charge < -0.3 is 10.1 Å². The highest BCUT2D eigenvalue weighted by molar-refractivity contribution is 6.30. The number of nitrogens with one attached hydrogen (secondary N) is 1. The van der Waals surface area contributed by atoms with E-state index in [1.807, 2.05) is 24.3 Å². The minimum Gasteiger partial charge on any atom is -0.379 e. The molecule has 0 saturated carbocycles. The smallest absolute Gasteiger partial charge is 0.0594 e. The van der Waals surface area contributed by atoms with Gasteiger partial charge in [0, 0.05) is 42.3 Å². The number of hydrogen-bond acceptors (Lipinski definition) is 3. The lowest BCUT2D eigenvalue weighted by molar-refractivity contribution is 0.0381. The standard InChI is InChI=1S/C20H24Cl2N2O/c21-18-5-1-16(2-6-18)15-20(17-3-7-19(22)8-4-17)23-9-10-24-11-13-25-14-12-24/h1-8,20,23H,9-15H2. The molecule has 3 nitrogen and oxygen atoms in total. The maximum absolute atomic E-state index is 6.05. The molecule has 1 aliphatic heterocycles. The van der Waals surface area contributed by atoms with Crippen LogP contribution in [0, 0.1) is 0 Å². The number of hydrogen-bond donors (Lipinski definition) is 1. The molecule has 2 aromatic carbocycles. The molecular weight excluding hydrogens is 355 g/mol. The summed E-state index contributed by atoms with van der Waals surface area (Å²) in [5.41, 5.74) is 2.52. The number of benzene rings is 2. The van der Waals surface area contributed by atoms with E-state index in [4.69, 9.17) is 27.9 Å². The molecule has 0 aromatic heterocycles. The molecule has 0 bridgehead atoms. The van der Waals surface area contributed by atoms with E-state index >= 15 is 0 Å². The molecule has 0 spiro atoms. The minimum absolute atomic E-state index is 0.250. The molecule has 134 valence electrons. The Morgan fingerprint density at radius 1 is 0.920 bits per heavy atom. The van der Waals surface area contributed by atoms with E-state index in [9.17, 15) is 0 Å². The van der Waals surface area contributed by atoms with Crippen LogP contribution in [0.3, 0.4) is 0 Å². The lowest BCUT2D eigenvalue weighted by atomic mass is 9.99. The lowest BCUT2D eigenvalue weighted by Gasteiger charge is -2.28. The summed E-state index contributed by atoms with van der Waals surface area (Å²) >= 11 is 12.1. The minimum atomic E-state index is 0.250. The van der Waals surface area contributed by atoms with E-state index in [1.54, 1.807) is 0 Å². The van der Waals surface area contributed by atoms with Crippen LogP contribution in [0.25, 0.3) is 0 Å². The Bertz CT molecular complexity index is 640. The molecule has 25 heavy (non-hydrogen) atoms. The molecular formula is C20H24Cl2N2O. The number of ether oxygens (including phenoxy) is 1. The summed E-state index contributed by atoms with van der Waals surface area (Å²) in [5, 5.41) is 5.24. The van der Waals surface area contributed by atoms with Gasteiger partial charge in [-0.15, -0.1) is 0 Å². The zero-order valence-electron chi connectivity index (χ0n) is 14.3. The highest BCUT2D eigenvalue weighted by atomic mass is 35.5.